The van der Waals surface area contributed by atoms with Gasteiger partial charge in [0.05, 0.1) is 6.20 Å². The summed E-state index contributed by atoms with van der Waals surface area (Å²) in [5.74, 6) is 1.34. The van der Waals surface area contributed by atoms with E-state index in [-0.39, 0.29) is 5.78 Å². The molecule has 0 aliphatic heterocycles. The zero-order valence-corrected chi connectivity index (χ0v) is 11.6. The van der Waals surface area contributed by atoms with Crippen molar-refractivity contribution in [1.29, 1.82) is 0 Å². The minimum Gasteiger partial charge on any atom is -0.455 e. The van der Waals surface area contributed by atoms with Crippen molar-refractivity contribution in [2.75, 3.05) is 0 Å². The number of pyridine rings is 1. The fourth-order valence-corrected chi connectivity index (χ4v) is 1.87. The fraction of sp³-hybridized carbons (Fsp3) is 0.200. The second kappa shape index (κ2) is 5.85. The van der Waals surface area contributed by atoms with Gasteiger partial charge >= 0.3 is 0 Å². The molecule has 0 aliphatic rings. The predicted octanol–water partition coefficient (Wildman–Crippen LogP) is 4.43. The number of aromatic nitrogens is 1. The first-order chi connectivity index (χ1) is 9.10. The van der Waals surface area contributed by atoms with Gasteiger partial charge in [0.15, 0.2) is 5.78 Å². The Morgan fingerprint density at radius 1 is 1.32 bits per heavy atom. The summed E-state index contributed by atoms with van der Waals surface area (Å²) in [5.41, 5.74) is 1.41. The topological polar surface area (TPSA) is 39.2 Å². The number of halogens is 1. The van der Waals surface area contributed by atoms with Crippen molar-refractivity contribution in [2.45, 2.75) is 20.3 Å². The van der Waals surface area contributed by atoms with Crippen molar-refractivity contribution in [3.8, 4) is 11.5 Å². The van der Waals surface area contributed by atoms with Crippen molar-refractivity contribution < 1.29 is 9.53 Å². The number of aryl methyl sites for hydroxylation is 1. The summed E-state index contributed by atoms with van der Waals surface area (Å²) in [6, 6.07) is 8.82. The van der Waals surface area contributed by atoms with E-state index in [1.165, 1.54) is 0 Å². The van der Waals surface area contributed by atoms with E-state index in [1.54, 1.807) is 24.4 Å². The minimum atomic E-state index is 0.0224. The van der Waals surface area contributed by atoms with Crippen LogP contribution in [0.25, 0.3) is 0 Å². The quantitative estimate of drug-likeness (QED) is 0.775. The van der Waals surface area contributed by atoms with Crippen LogP contribution in [0.2, 0.25) is 5.02 Å². The van der Waals surface area contributed by atoms with E-state index in [0.717, 1.165) is 11.3 Å². The van der Waals surface area contributed by atoms with Crippen LogP contribution in [-0.2, 0) is 0 Å². The number of nitrogens with zero attached hydrogens (tertiary/aromatic N) is 1. The van der Waals surface area contributed by atoms with Crippen molar-refractivity contribution in [3.05, 3.63) is 52.8 Å². The first kappa shape index (κ1) is 13.6. The Balaban J connectivity index is 2.17. The molecule has 0 amide bonds. The highest BCUT2D eigenvalue weighted by molar-refractivity contribution is 6.30. The van der Waals surface area contributed by atoms with Crippen LogP contribution in [0.4, 0.5) is 0 Å². The van der Waals surface area contributed by atoms with Crippen molar-refractivity contribution in [1.82, 2.24) is 4.98 Å². The third-order valence-electron chi connectivity index (χ3n) is 2.71. The molecule has 1 aromatic carbocycles. The summed E-state index contributed by atoms with van der Waals surface area (Å²) in [7, 11) is 0. The molecule has 0 saturated heterocycles. The smallest absolute Gasteiger partial charge is 0.180 e. The lowest BCUT2D eigenvalue weighted by atomic mass is 10.2. The molecule has 0 radical (unpaired) electrons. The molecule has 1 aromatic heterocycles. The summed E-state index contributed by atoms with van der Waals surface area (Å²) in [6.07, 6.45) is 2.00. The Hall–Kier alpha value is -1.87. The van der Waals surface area contributed by atoms with Gasteiger partial charge in [-0.3, -0.25) is 4.79 Å². The molecule has 1 heterocycles. The first-order valence-corrected chi connectivity index (χ1v) is 6.41. The number of carbonyl (C=O) groups is 1. The van der Waals surface area contributed by atoms with Crippen LogP contribution in [0.3, 0.4) is 0 Å². The highest BCUT2D eigenvalue weighted by Gasteiger charge is 2.06. The second-order valence-electron chi connectivity index (χ2n) is 4.17. The SMILES string of the molecule is CCC(=O)c1ccc(Oc2ccc(Cl)cc2C)cn1. The van der Waals surface area contributed by atoms with Crippen LogP contribution in [0.15, 0.2) is 36.5 Å². The average molecular weight is 276 g/mol. The van der Waals surface area contributed by atoms with Crippen molar-refractivity contribution >= 4 is 17.4 Å². The number of ether oxygens (including phenoxy) is 1. The van der Waals surface area contributed by atoms with E-state index in [0.29, 0.717) is 22.9 Å². The molecule has 2 aromatic rings. The molecule has 0 spiro atoms. The van der Waals surface area contributed by atoms with Gasteiger partial charge in [0, 0.05) is 11.4 Å². The zero-order chi connectivity index (χ0) is 13.8. The van der Waals surface area contributed by atoms with Crippen molar-refractivity contribution in [2.24, 2.45) is 0 Å². The molecule has 4 heteroatoms. The monoisotopic (exact) mass is 275 g/mol. The zero-order valence-electron chi connectivity index (χ0n) is 10.8. The summed E-state index contributed by atoms with van der Waals surface area (Å²) in [6.45, 7) is 3.73. The van der Waals surface area contributed by atoms with E-state index >= 15 is 0 Å². The Labute approximate surface area is 117 Å². The molecule has 0 N–H and O–H groups in total. The van der Waals surface area contributed by atoms with Gasteiger partial charge in [-0.1, -0.05) is 18.5 Å². The van der Waals surface area contributed by atoms with E-state index < -0.39 is 0 Å². The van der Waals surface area contributed by atoms with Crippen LogP contribution in [0.5, 0.6) is 11.5 Å². The highest BCUT2D eigenvalue weighted by atomic mass is 35.5. The Kier molecular flexibility index (Phi) is 4.17. The van der Waals surface area contributed by atoms with Crippen LogP contribution < -0.4 is 4.74 Å². The van der Waals surface area contributed by atoms with Gasteiger partial charge in [0.2, 0.25) is 0 Å². The van der Waals surface area contributed by atoms with E-state index in [4.69, 9.17) is 16.3 Å². The fourth-order valence-electron chi connectivity index (χ4n) is 1.64. The van der Waals surface area contributed by atoms with E-state index in [2.05, 4.69) is 4.98 Å². The lowest BCUT2D eigenvalue weighted by molar-refractivity contribution is 0.0983. The molecular weight excluding hydrogens is 262 g/mol. The summed E-state index contributed by atoms with van der Waals surface area (Å²) in [5, 5.41) is 0.673. The Bertz CT molecular complexity index is 594. The maximum Gasteiger partial charge on any atom is 0.180 e. The molecule has 0 atom stereocenters. The largest absolute Gasteiger partial charge is 0.455 e. The molecular formula is C15H14ClNO2. The average Bonchev–Trinajstić information content (AvgIpc) is 2.42. The lowest BCUT2D eigenvalue weighted by Crippen LogP contribution is -1.99. The number of ketones is 1. The highest BCUT2D eigenvalue weighted by Crippen LogP contribution is 2.26. The molecule has 3 nitrogen and oxygen atoms in total. The molecule has 0 saturated carbocycles. The maximum absolute atomic E-state index is 11.5. The summed E-state index contributed by atoms with van der Waals surface area (Å²) < 4.78 is 5.70. The molecule has 0 unspecified atom stereocenters. The summed E-state index contributed by atoms with van der Waals surface area (Å²) in [4.78, 5) is 15.5. The molecule has 98 valence electrons. The number of carbonyl (C=O) groups excluding carboxylic acids is 1. The molecule has 0 bridgehead atoms. The normalized spacial score (nSPS) is 10.3. The minimum absolute atomic E-state index is 0.0224. The number of hydrogen-bond donors (Lipinski definition) is 0. The van der Waals surface area contributed by atoms with E-state index in [1.807, 2.05) is 26.0 Å². The third-order valence-corrected chi connectivity index (χ3v) is 2.94. The van der Waals surface area contributed by atoms with Crippen LogP contribution in [0.1, 0.15) is 29.4 Å². The number of rotatable bonds is 4. The lowest BCUT2D eigenvalue weighted by Gasteiger charge is -2.08. The number of hydrogen-bond acceptors (Lipinski definition) is 3. The van der Waals surface area contributed by atoms with Gasteiger partial charge in [0.25, 0.3) is 0 Å². The van der Waals surface area contributed by atoms with Crippen molar-refractivity contribution in [3.63, 3.8) is 0 Å². The van der Waals surface area contributed by atoms with Gasteiger partial charge in [-0.25, -0.2) is 4.98 Å². The Morgan fingerprint density at radius 2 is 2.11 bits per heavy atom. The van der Waals surface area contributed by atoms with E-state index in [9.17, 15) is 4.79 Å². The van der Waals surface area contributed by atoms with Gasteiger partial charge in [-0.05, 0) is 42.8 Å². The van der Waals surface area contributed by atoms with Crippen LogP contribution in [0, 0.1) is 6.92 Å². The molecule has 2 rings (SSSR count). The first-order valence-electron chi connectivity index (χ1n) is 6.03. The molecule has 19 heavy (non-hydrogen) atoms. The predicted molar refractivity (Wildman–Crippen MR) is 75.1 cm³/mol. The van der Waals surface area contributed by atoms with Gasteiger partial charge in [-0.2, -0.15) is 0 Å². The number of Topliss-reactive ketones (excluding diaryl/α,β-unsaturated/α-hetero) is 1. The standard InChI is InChI=1S/C15H14ClNO2/c1-3-14(18)13-6-5-12(9-17-13)19-15-7-4-11(16)8-10(15)2/h4-9H,3H2,1-2H3. The maximum atomic E-state index is 11.5. The second-order valence-corrected chi connectivity index (χ2v) is 4.60. The van der Waals surface area contributed by atoms with Crippen LogP contribution >= 0.6 is 11.6 Å². The number of benzene rings is 1. The third kappa shape index (κ3) is 3.32. The Morgan fingerprint density at radius 3 is 2.68 bits per heavy atom. The summed E-state index contributed by atoms with van der Waals surface area (Å²) >= 11 is 5.89. The van der Waals surface area contributed by atoms with Gasteiger partial charge in [-0.15, -0.1) is 0 Å². The van der Waals surface area contributed by atoms with Gasteiger partial charge < -0.3 is 4.74 Å². The van der Waals surface area contributed by atoms with Gasteiger partial charge in [0.1, 0.15) is 17.2 Å². The van der Waals surface area contributed by atoms with Crippen LogP contribution in [-0.4, -0.2) is 10.8 Å². The molecule has 0 aliphatic carbocycles. The molecule has 0 fully saturated rings.